The summed E-state index contributed by atoms with van der Waals surface area (Å²) in [5.41, 5.74) is 0.0469. The van der Waals surface area contributed by atoms with E-state index in [2.05, 4.69) is 10.3 Å². The first kappa shape index (κ1) is 15.1. The molecule has 0 bridgehead atoms. The van der Waals surface area contributed by atoms with Crippen molar-refractivity contribution in [3.63, 3.8) is 0 Å². The zero-order chi connectivity index (χ0) is 15.5. The van der Waals surface area contributed by atoms with Crippen LogP contribution in [0.15, 0.2) is 42.6 Å². The third-order valence-electron chi connectivity index (χ3n) is 2.94. The van der Waals surface area contributed by atoms with Crippen molar-refractivity contribution < 1.29 is 23.1 Å². The Morgan fingerprint density at radius 1 is 1.29 bits per heavy atom. The van der Waals surface area contributed by atoms with Gasteiger partial charge in [0.05, 0.1) is 5.56 Å². The highest BCUT2D eigenvalue weighted by molar-refractivity contribution is 5.74. The van der Waals surface area contributed by atoms with Crippen molar-refractivity contribution >= 4 is 5.97 Å². The number of hydrogen-bond donors (Lipinski definition) is 3. The molecule has 112 valence electrons. The molecule has 4 nitrogen and oxygen atoms in total. The van der Waals surface area contributed by atoms with Gasteiger partial charge in [0.15, 0.2) is 0 Å². The Bertz CT molecular complexity index is 609. The Kier molecular flexibility index (Phi) is 4.32. The molecule has 2 aromatic rings. The van der Waals surface area contributed by atoms with Crippen LogP contribution >= 0.6 is 0 Å². The highest BCUT2D eigenvalue weighted by Gasteiger charge is 2.30. The van der Waals surface area contributed by atoms with Gasteiger partial charge in [-0.2, -0.15) is 13.2 Å². The van der Waals surface area contributed by atoms with E-state index >= 15 is 0 Å². The number of alkyl halides is 3. The molecule has 2 rings (SSSR count). The van der Waals surface area contributed by atoms with E-state index in [0.29, 0.717) is 11.3 Å². The second-order valence-electron chi connectivity index (χ2n) is 4.48. The first-order valence-electron chi connectivity index (χ1n) is 6.13. The molecule has 21 heavy (non-hydrogen) atoms. The molecule has 0 amide bonds. The predicted molar refractivity (Wildman–Crippen MR) is 69.5 cm³/mol. The van der Waals surface area contributed by atoms with Gasteiger partial charge in [-0.3, -0.25) is 10.1 Å². The minimum absolute atomic E-state index is 0.0138. The summed E-state index contributed by atoms with van der Waals surface area (Å²) in [6.07, 6.45) is -2.83. The van der Waals surface area contributed by atoms with Gasteiger partial charge < -0.3 is 10.1 Å². The van der Waals surface area contributed by atoms with E-state index in [0.717, 1.165) is 12.1 Å². The standard InChI is InChI=1S/C14H13F3N2O2/c15-14(16,17)10-4-1-3-9(7-10)8-19-12(13(20)21)11-5-2-6-18-11/h1-7,12,18-19H,8H2,(H,20,21). The van der Waals surface area contributed by atoms with Crippen LogP contribution in [0.2, 0.25) is 0 Å². The van der Waals surface area contributed by atoms with E-state index in [1.54, 1.807) is 18.3 Å². The third-order valence-corrected chi connectivity index (χ3v) is 2.94. The monoisotopic (exact) mass is 298 g/mol. The Labute approximate surface area is 118 Å². The predicted octanol–water partition coefficient (Wildman–Crippen LogP) is 2.95. The molecule has 1 aromatic carbocycles. The number of carboxylic acid groups (broad SMARTS) is 1. The molecule has 0 aliphatic heterocycles. The molecule has 0 aliphatic carbocycles. The van der Waals surface area contributed by atoms with Gasteiger partial charge in [-0.25, -0.2) is 0 Å². The number of benzene rings is 1. The number of aliphatic carboxylic acids is 1. The Balaban J connectivity index is 2.10. The first-order valence-corrected chi connectivity index (χ1v) is 6.13. The SMILES string of the molecule is O=C(O)C(NCc1cccc(C(F)(F)F)c1)c1ccc[nH]1. The Hall–Kier alpha value is -2.28. The number of rotatable bonds is 5. The lowest BCUT2D eigenvalue weighted by molar-refractivity contribution is -0.140. The van der Waals surface area contributed by atoms with Crippen molar-refractivity contribution in [3.05, 3.63) is 59.4 Å². The highest BCUT2D eigenvalue weighted by atomic mass is 19.4. The summed E-state index contributed by atoms with van der Waals surface area (Å²) in [6, 6.07) is 7.02. The van der Waals surface area contributed by atoms with Crippen molar-refractivity contribution in [3.8, 4) is 0 Å². The smallest absolute Gasteiger partial charge is 0.416 e. The second kappa shape index (κ2) is 6.01. The van der Waals surface area contributed by atoms with Crippen LogP contribution < -0.4 is 5.32 Å². The van der Waals surface area contributed by atoms with Gasteiger partial charge in [0.25, 0.3) is 0 Å². The highest BCUT2D eigenvalue weighted by Crippen LogP contribution is 2.29. The summed E-state index contributed by atoms with van der Waals surface area (Å²) in [6.45, 7) is 0.0138. The molecular formula is C14H13F3N2O2. The average molecular weight is 298 g/mol. The number of nitrogens with one attached hydrogen (secondary N) is 2. The van der Waals surface area contributed by atoms with Crippen LogP contribution in [0.1, 0.15) is 22.9 Å². The Morgan fingerprint density at radius 2 is 2.05 bits per heavy atom. The number of aromatic nitrogens is 1. The summed E-state index contributed by atoms with van der Waals surface area (Å²) < 4.78 is 37.8. The minimum Gasteiger partial charge on any atom is -0.480 e. The molecule has 1 atom stereocenters. The first-order chi connectivity index (χ1) is 9.88. The Morgan fingerprint density at radius 3 is 2.62 bits per heavy atom. The molecule has 0 radical (unpaired) electrons. The van der Waals surface area contributed by atoms with Gasteiger partial charge in [-0.15, -0.1) is 0 Å². The lowest BCUT2D eigenvalue weighted by Gasteiger charge is -2.14. The number of carboxylic acids is 1. The molecule has 3 N–H and O–H groups in total. The van der Waals surface area contributed by atoms with E-state index < -0.39 is 23.8 Å². The fraction of sp³-hybridized carbons (Fsp3) is 0.214. The van der Waals surface area contributed by atoms with Gasteiger partial charge >= 0.3 is 12.1 Å². The second-order valence-corrected chi connectivity index (χ2v) is 4.48. The molecule has 1 heterocycles. The quantitative estimate of drug-likeness (QED) is 0.795. The fourth-order valence-corrected chi connectivity index (χ4v) is 1.93. The fourth-order valence-electron chi connectivity index (χ4n) is 1.93. The van der Waals surface area contributed by atoms with Crippen LogP contribution in [0.25, 0.3) is 0 Å². The van der Waals surface area contributed by atoms with Crippen LogP contribution in [0.4, 0.5) is 13.2 Å². The number of carbonyl (C=O) groups is 1. The topological polar surface area (TPSA) is 65.1 Å². The zero-order valence-corrected chi connectivity index (χ0v) is 10.8. The summed E-state index contributed by atoms with van der Waals surface area (Å²) in [5, 5.41) is 11.9. The van der Waals surface area contributed by atoms with Crippen LogP contribution in [0.5, 0.6) is 0 Å². The largest absolute Gasteiger partial charge is 0.480 e. The number of halogens is 3. The van der Waals surface area contributed by atoms with Gasteiger partial charge in [0.1, 0.15) is 6.04 Å². The van der Waals surface area contributed by atoms with Crippen molar-refractivity contribution in [1.29, 1.82) is 0 Å². The summed E-state index contributed by atoms with van der Waals surface area (Å²) >= 11 is 0. The van der Waals surface area contributed by atoms with E-state index in [1.807, 2.05) is 0 Å². The molecular weight excluding hydrogens is 285 g/mol. The third kappa shape index (κ3) is 3.85. The van der Waals surface area contributed by atoms with Crippen molar-refractivity contribution in [2.75, 3.05) is 0 Å². The van der Waals surface area contributed by atoms with E-state index in [-0.39, 0.29) is 6.54 Å². The lowest BCUT2D eigenvalue weighted by atomic mass is 10.1. The van der Waals surface area contributed by atoms with Crippen LogP contribution in [0.3, 0.4) is 0 Å². The molecule has 0 saturated carbocycles. The molecule has 1 aromatic heterocycles. The molecule has 1 unspecified atom stereocenters. The summed E-state index contributed by atoms with van der Waals surface area (Å²) in [4.78, 5) is 13.9. The van der Waals surface area contributed by atoms with Gasteiger partial charge in [0, 0.05) is 18.4 Å². The van der Waals surface area contributed by atoms with Gasteiger partial charge in [-0.05, 0) is 23.8 Å². The van der Waals surface area contributed by atoms with Gasteiger partial charge in [-0.1, -0.05) is 18.2 Å². The molecule has 0 saturated heterocycles. The van der Waals surface area contributed by atoms with Crippen LogP contribution in [-0.2, 0) is 17.5 Å². The molecule has 0 aliphatic rings. The minimum atomic E-state index is -4.42. The van der Waals surface area contributed by atoms with Crippen molar-refractivity contribution in [2.45, 2.75) is 18.8 Å². The average Bonchev–Trinajstić information content (AvgIpc) is 2.92. The van der Waals surface area contributed by atoms with E-state index in [1.165, 1.54) is 12.1 Å². The zero-order valence-electron chi connectivity index (χ0n) is 10.8. The van der Waals surface area contributed by atoms with Crippen molar-refractivity contribution in [1.82, 2.24) is 10.3 Å². The maximum absolute atomic E-state index is 12.6. The number of aromatic amines is 1. The van der Waals surface area contributed by atoms with Crippen LogP contribution in [-0.4, -0.2) is 16.1 Å². The van der Waals surface area contributed by atoms with E-state index in [9.17, 15) is 18.0 Å². The maximum atomic E-state index is 12.6. The lowest BCUT2D eigenvalue weighted by Crippen LogP contribution is -2.28. The molecule has 0 spiro atoms. The summed E-state index contributed by atoms with van der Waals surface area (Å²) in [7, 11) is 0. The number of hydrogen-bond acceptors (Lipinski definition) is 2. The maximum Gasteiger partial charge on any atom is 0.416 e. The molecule has 7 heteroatoms. The van der Waals surface area contributed by atoms with Gasteiger partial charge in [0.2, 0.25) is 0 Å². The number of H-pyrrole nitrogens is 1. The van der Waals surface area contributed by atoms with E-state index in [4.69, 9.17) is 5.11 Å². The van der Waals surface area contributed by atoms with Crippen molar-refractivity contribution in [2.24, 2.45) is 0 Å². The van der Waals surface area contributed by atoms with Crippen LogP contribution in [0, 0.1) is 0 Å². The normalized spacial score (nSPS) is 13.1. The summed E-state index contributed by atoms with van der Waals surface area (Å²) in [5.74, 6) is -1.11. The molecule has 0 fully saturated rings.